The van der Waals surface area contributed by atoms with Crippen molar-refractivity contribution in [1.29, 1.82) is 0 Å². The molecule has 0 bridgehead atoms. The topological polar surface area (TPSA) is 80.3 Å². The highest BCUT2D eigenvalue weighted by Crippen LogP contribution is 2.33. The third-order valence-corrected chi connectivity index (χ3v) is 6.29. The van der Waals surface area contributed by atoms with E-state index in [-0.39, 0.29) is 32.9 Å². The van der Waals surface area contributed by atoms with Crippen molar-refractivity contribution in [1.82, 2.24) is 0 Å². The summed E-state index contributed by atoms with van der Waals surface area (Å²) in [6.45, 7) is 1.74. The number of aryl methyl sites for hydroxylation is 1. The van der Waals surface area contributed by atoms with Crippen molar-refractivity contribution in [3.63, 3.8) is 0 Å². The summed E-state index contributed by atoms with van der Waals surface area (Å²) in [7, 11) is -4.13. The number of carbonyl (C=O) groups excluding carboxylic acids is 2. The molecule has 7 heteroatoms. The summed E-state index contributed by atoms with van der Waals surface area (Å²) in [5, 5.41) is 0.374. The van der Waals surface area contributed by atoms with Crippen LogP contribution < -0.4 is 4.72 Å². The lowest BCUT2D eigenvalue weighted by Crippen LogP contribution is -2.25. The van der Waals surface area contributed by atoms with Crippen molar-refractivity contribution in [2.24, 2.45) is 0 Å². The predicted octanol–water partition coefficient (Wildman–Crippen LogP) is 4.22. The number of hydrogen-bond donors (Lipinski definition) is 1. The van der Waals surface area contributed by atoms with Gasteiger partial charge in [0.25, 0.3) is 10.0 Å². The highest BCUT2D eigenvalue weighted by Gasteiger charge is 2.34. The molecule has 140 valence electrons. The molecule has 0 radical (unpaired) electrons. The molecule has 0 unspecified atom stereocenters. The maximum absolute atomic E-state index is 13.1. The van der Waals surface area contributed by atoms with Gasteiger partial charge in [0.1, 0.15) is 0 Å². The quantitative estimate of drug-likeness (QED) is 0.547. The fourth-order valence-corrected chi connectivity index (χ4v) is 4.76. The molecule has 0 spiro atoms. The monoisotopic (exact) mass is 411 g/mol. The Hall–Kier alpha value is -2.96. The first-order chi connectivity index (χ1) is 13.3. The molecule has 3 aromatic rings. The van der Waals surface area contributed by atoms with Gasteiger partial charge in [-0.05, 0) is 30.7 Å². The predicted molar refractivity (Wildman–Crippen MR) is 107 cm³/mol. The first-order valence-corrected chi connectivity index (χ1v) is 10.3. The second-order valence-electron chi connectivity index (χ2n) is 6.45. The maximum atomic E-state index is 13.1. The van der Waals surface area contributed by atoms with Gasteiger partial charge in [-0.25, -0.2) is 8.42 Å². The van der Waals surface area contributed by atoms with Gasteiger partial charge in [-0.15, -0.1) is 0 Å². The van der Waals surface area contributed by atoms with Gasteiger partial charge in [0.15, 0.2) is 11.6 Å². The second-order valence-corrected chi connectivity index (χ2v) is 8.53. The van der Waals surface area contributed by atoms with Crippen LogP contribution in [0, 0.1) is 6.92 Å². The zero-order valence-electron chi connectivity index (χ0n) is 14.7. The first-order valence-electron chi connectivity index (χ1n) is 8.40. The highest BCUT2D eigenvalue weighted by molar-refractivity contribution is 7.92. The van der Waals surface area contributed by atoms with E-state index in [1.807, 2.05) is 0 Å². The fourth-order valence-electron chi connectivity index (χ4n) is 3.24. The molecule has 0 atom stereocenters. The Kier molecular flexibility index (Phi) is 4.33. The van der Waals surface area contributed by atoms with Gasteiger partial charge in [0.05, 0.1) is 16.1 Å². The number of sulfonamides is 1. The number of fused-ring (bicyclic) bond motifs is 2. The summed E-state index contributed by atoms with van der Waals surface area (Å²) in [6, 6.07) is 15.5. The molecule has 0 saturated heterocycles. The second kappa shape index (κ2) is 6.58. The van der Waals surface area contributed by atoms with Gasteiger partial charge >= 0.3 is 0 Å². The SMILES string of the molecule is Cc1ccc(Cl)cc1NS(=O)(=O)c1cccc2c1C(=O)c1ccccc1C2=O. The van der Waals surface area contributed by atoms with Gasteiger partial charge in [0, 0.05) is 21.7 Å². The van der Waals surface area contributed by atoms with E-state index in [1.54, 1.807) is 37.3 Å². The molecular formula is C21H14ClNO4S. The van der Waals surface area contributed by atoms with Crippen LogP contribution in [-0.2, 0) is 10.0 Å². The first kappa shape index (κ1) is 18.4. The minimum Gasteiger partial charge on any atom is -0.289 e. The number of ketones is 2. The average molecular weight is 412 g/mol. The van der Waals surface area contributed by atoms with E-state index in [1.165, 1.54) is 30.3 Å². The molecule has 5 nitrogen and oxygen atoms in total. The molecule has 0 fully saturated rings. The van der Waals surface area contributed by atoms with Gasteiger partial charge in [-0.2, -0.15) is 0 Å². The summed E-state index contributed by atoms with van der Waals surface area (Å²) in [4.78, 5) is 25.6. The van der Waals surface area contributed by atoms with Crippen LogP contribution in [0.15, 0.2) is 65.6 Å². The fraction of sp³-hybridized carbons (Fsp3) is 0.0476. The van der Waals surface area contributed by atoms with Crippen LogP contribution in [0.3, 0.4) is 0 Å². The lowest BCUT2D eigenvalue weighted by molar-refractivity contribution is 0.0976. The van der Waals surface area contributed by atoms with Crippen LogP contribution in [-0.4, -0.2) is 20.0 Å². The van der Waals surface area contributed by atoms with Crippen molar-refractivity contribution in [2.45, 2.75) is 11.8 Å². The van der Waals surface area contributed by atoms with Crippen LogP contribution >= 0.6 is 11.6 Å². The van der Waals surface area contributed by atoms with Crippen molar-refractivity contribution in [3.8, 4) is 0 Å². The summed E-state index contributed by atoms with van der Waals surface area (Å²) >= 11 is 5.97. The van der Waals surface area contributed by atoms with Crippen molar-refractivity contribution in [2.75, 3.05) is 4.72 Å². The van der Waals surface area contributed by atoms with Crippen molar-refractivity contribution >= 4 is 38.9 Å². The number of carbonyl (C=O) groups is 2. The molecule has 4 rings (SSSR count). The Morgan fingerprint density at radius 1 is 0.821 bits per heavy atom. The van der Waals surface area contributed by atoms with Crippen LogP contribution in [0.4, 0.5) is 5.69 Å². The third-order valence-electron chi connectivity index (χ3n) is 4.65. The Bertz CT molecular complexity index is 1270. The Morgan fingerprint density at radius 3 is 2.18 bits per heavy atom. The van der Waals surface area contributed by atoms with Crippen LogP contribution in [0.5, 0.6) is 0 Å². The van der Waals surface area contributed by atoms with Crippen molar-refractivity contribution in [3.05, 3.63) is 93.5 Å². The van der Waals surface area contributed by atoms with Crippen molar-refractivity contribution < 1.29 is 18.0 Å². The van der Waals surface area contributed by atoms with Crippen LogP contribution in [0.1, 0.15) is 37.4 Å². The standard InChI is InChI=1S/C21H14ClNO4S/c1-12-9-10-13(22)11-17(12)23-28(26,27)18-8-4-7-16-19(18)21(25)15-6-3-2-5-14(15)20(16)24/h2-11,23H,1H3. The van der Waals surface area contributed by atoms with E-state index >= 15 is 0 Å². The molecular weight excluding hydrogens is 398 g/mol. The molecule has 0 amide bonds. The minimum absolute atomic E-state index is 0.0781. The molecule has 0 saturated carbocycles. The number of benzene rings is 3. The molecule has 3 aromatic carbocycles. The summed E-state index contributed by atoms with van der Waals surface area (Å²) in [6.07, 6.45) is 0. The van der Waals surface area contributed by atoms with E-state index in [9.17, 15) is 18.0 Å². The Balaban J connectivity index is 1.87. The molecule has 1 aliphatic carbocycles. The summed E-state index contributed by atoms with van der Waals surface area (Å²) < 4.78 is 28.6. The van der Waals surface area contributed by atoms with E-state index in [0.717, 1.165) is 0 Å². The lowest BCUT2D eigenvalue weighted by Gasteiger charge is -2.20. The zero-order valence-corrected chi connectivity index (χ0v) is 16.3. The van der Waals surface area contributed by atoms with Crippen LogP contribution in [0.25, 0.3) is 0 Å². The van der Waals surface area contributed by atoms with Crippen LogP contribution in [0.2, 0.25) is 5.02 Å². The van der Waals surface area contributed by atoms with E-state index in [0.29, 0.717) is 16.3 Å². The normalized spacial score (nSPS) is 13.1. The molecule has 1 aliphatic rings. The lowest BCUT2D eigenvalue weighted by atomic mass is 9.84. The van der Waals surface area contributed by atoms with E-state index in [2.05, 4.69) is 4.72 Å². The van der Waals surface area contributed by atoms with E-state index < -0.39 is 15.8 Å². The summed E-state index contributed by atoms with van der Waals surface area (Å²) in [5.74, 6) is -0.866. The molecule has 0 aromatic heterocycles. The largest absolute Gasteiger partial charge is 0.289 e. The average Bonchev–Trinajstić information content (AvgIpc) is 2.68. The van der Waals surface area contributed by atoms with E-state index in [4.69, 9.17) is 11.6 Å². The van der Waals surface area contributed by atoms with Gasteiger partial charge < -0.3 is 0 Å². The number of nitrogens with one attached hydrogen (secondary N) is 1. The van der Waals surface area contributed by atoms with Gasteiger partial charge in [-0.1, -0.05) is 54.1 Å². The zero-order chi connectivity index (χ0) is 20.1. The molecule has 1 N–H and O–H groups in total. The third kappa shape index (κ3) is 2.91. The smallest absolute Gasteiger partial charge is 0.262 e. The Morgan fingerprint density at radius 2 is 1.46 bits per heavy atom. The summed E-state index contributed by atoms with van der Waals surface area (Å²) in [5.41, 5.74) is 1.41. The number of rotatable bonds is 3. The molecule has 0 aliphatic heterocycles. The van der Waals surface area contributed by atoms with Gasteiger partial charge in [-0.3, -0.25) is 14.3 Å². The number of halogens is 1. The molecule has 28 heavy (non-hydrogen) atoms. The number of anilines is 1. The van der Waals surface area contributed by atoms with Gasteiger partial charge in [0.2, 0.25) is 0 Å². The number of hydrogen-bond acceptors (Lipinski definition) is 4. The highest BCUT2D eigenvalue weighted by atomic mass is 35.5. The maximum Gasteiger partial charge on any atom is 0.262 e. The molecule has 0 heterocycles. The Labute approximate surface area is 167 Å². The minimum atomic E-state index is -4.13.